The first kappa shape index (κ1) is 15.4. The fourth-order valence-corrected chi connectivity index (χ4v) is 3.22. The summed E-state index contributed by atoms with van der Waals surface area (Å²) in [6.07, 6.45) is 0. The lowest BCUT2D eigenvalue weighted by atomic mass is 10.1. The van der Waals surface area contributed by atoms with E-state index in [1.807, 2.05) is 48.5 Å². The van der Waals surface area contributed by atoms with Gasteiger partial charge >= 0.3 is 5.97 Å². The third-order valence-corrected chi connectivity index (χ3v) is 4.52. The number of carbonyl (C=O) groups excluding carboxylic acids is 1. The molecule has 2 aromatic rings. The molecule has 0 spiro atoms. The van der Waals surface area contributed by atoms with Gasteiger partial charge in [0.05, 0.1) is 12.4 Å². The summed E-state index contributed by atoms with van der Waals surface area (Å²) >= 11 is 1.68. The van der Waals surface area contributed by atoms with E-state index in [0.29, 0.717) is 5.57 Å². The Balaban J connectivity index is 2.16. The zero-order valence-electron chi connectivity index (χ0n) is 12.0. The molecule has 0 saturated carbocycles. The summed E-state index contributed by atoms with van der Waals surface area (Å²) in [4.78, 5) is 11.8. The number of esters is 1. The molecule has 0 heterocycles. The molecule has 0 unspecified atom stereocenters. The first-order valence-electron chi connectivity index (χ1n) is 6.70. The molecule has 0 aliphatic carbocycles. The van der Waals surface area contributed by atoms with Crippen LogP contribution in [0.4, 0.5) is 0 Å². The maximum absolute atomic E-state index is 11.8. The average molecular weight is 298 g/mol. The van der Waals surface area contributed by atoms with Gasteiger partial charge in [-0.25, -0.2) is 4.79 Å². The van der Waals surface area contributed by atoms with E-state index in [0.717, 1.165) is 11.3 Å². The number of benzene rings is 2. The van der Waals surface area contributed by atoms with E-state index in [1.165, 1.54) is 12.7 Å². The molecule has 2 rings (SSSR count). The van der Waals surface area contributed by atoms with E-state index >= 15 is 0 Å². The normalized spacial score (nSPS) is 11.7. The predicted octanol–water partition coefficient (Wildman–Crippen LogP) is 4.39. The Kier molecular flexibility index (Phi) is 5.64. The van der Waals surface area contributed by atoms with Crippen LogP contribution < -0.4 is 0 Å². The van der Waals surface area contributed by atoms with Crippen LogP contribution in [0.1, 0.15) is 16.4 Å². The van der Waals surface area contributed by atoms with Gasteiger partial charge in [0.1, 0.15) is 0 Å². The lowest BCUT2D eigenvalue weighted by molar-refractivity contribution is -0.136. The highest BCUT2D eigenvalue weighted by Gasteiger charge is 2.21. The molecule has 2 nitrogen and oxygen atoms in total. The highest BCUT2D eigenvalue weighted by Crippen LogP contribution is 2.37. The van der Waals surface area contributed by atoms with Gasteiger partial charge in [-0.2, -0.15) is 0 Å². The maximum Gasteiger partial charge on any atom is 0.334 e. The quantitative estimate of drug-likeness (QED) is 0.584. The molecular formula is C18H18O2S. The molecule has 0 radical (unpaired) electrons. The molecule has 0 aromatic heterocycles. The third-order valence-electron chi connectivity index (χ3n) is 3.13. The fraction of sp³-hybridized carbons (Fsp3) is 0.167. The van der Waals surface area contributed by atoms with Crippen molar-refractivity contribution < 1.29 is 9.53 Å². The van der Waals surface area contributed by atoms with Crippen molar-refractivity contribution in [3.05, 3.63) is 83.9 Å². The summed E-state index contributed by atoms with van der Waals surface area (Å²) in [5.41, 5.74) is 2.76. The van der Waals surface area contributed by atoms with Crippen molar-refractivity contribution >= 4 is 17.7 Å². The minimum atomic E-state index is -0.357. The van der Waals surface area contributed by atoms with Crippen LogP contribution in [-0.2, 0) is 15.3 Å². The average Bonchev–Trinajstić information content (AvgIpc) is 2.56. The summed E-state index contributed by atoms with van der Waals surface area (Å²) in [5.74, 6) is 0.459. The molecule has 0 aliphatic rings. The van der Waals surface area contributed by atoms with Crippen LogP contribution in [0.15, 0.2) is 72.8 Å². The highest BCUT2D eigenvalue weighted by molar-refractivity contribution is 7.99. The van der Waals surface area contributed by atoms with Crippen LogP contribution in [-0.4, -0.2) is 13.1 Å². The summed E-state index contributed by atoms with van der Waals surface area (Å²) in [7, 11) is 1.39. The van der Waals surface area contributed by atoms with E-state index < -0.39 is 0 Å². The first-order chi connectivity index (χ1) is 10.2. The summed E-state index contributed by atoms with van der Waals surface area (Å²) in [5, 5.41) is -0.0983. The standard InChI is InChI=1S/C18H18O2S/c1-14(18(19)20-2)17(16-11-7-4-8-12-16)21-13-15-9-5-3-6-10-15/h3-12,17H,1,13H2,2H3/t17-/m1/s1. The van der Waals surface area contributed by atoms with Gasteiger partial charge in [-0.1, -0.05) is 67.2 Å². The van der Waals surface area contributed by atoms with Crippen molar-refractivity contribution in [2.45, 2.75) is 11.0 Å². The van der Waals surface area contributed by atoms with Gasteiger partial charge in [0, 0.05) is 11.3 Å². The fourth-order valence-electron chi connectivity index (χ4n) is 2.02. The van der Waals surface area contributed by atoms with Crippen molar-refractivity contribution in [2.24, 2.45) is 0 Å². The molecule has 2 aromatic carbocycles. The molecule has 0 N–H and O–H groups in total. The molecule has 0 bridgehead atoms. The Labute approximate surface area is 129 Å². The van der Waals surface area contributed by atoms with E-state index in [4.69, 9.17) is 4.74 Å². The van der Waals surface area contributed by atoms with Crippen LogP contribution in [0, 0.1) is 0 Å². The van der Waals surface area contributed by atoms with E-state index in [9.17, 15) is 4.79 Å². The molecule has 1 atom stereocenters. The second kappa shape index (κ2) is 7.70. The van der Waals surface area contributed by atoms with Crippen LogP contribution in [0.3, 0.4) is 0 Å². The minimum absolute atomic E-state index is 0.0983. The number of carbonyl (C=O) groups is 1. The van der Waals surface area contributed by atoms with E-state index in [-0.39, 0.29) is 11.2 Å². The van der Waals surface area contributed by atoms with Crippen LogP contribution in [0.2, 0.25) is 0 Å². The third kappa shape index (κ3) is 4.23. The van der Waals surface area contributed by atoms with Gasteiger partial charge in [0.15, 0.2) is 0 Å². The molecule has 0 fully saturated rings. The second-order valence-corrected chi connectivity index (χ2v) is 5.70. The summed E-state index contributed by atoms with van der Waals surface area (Å²) < 4.78 is 4.81. The van der Waals surface area contributed by atoms with Crippen LogP contribution >= 0.6 is 11.8 Å². The van der Waals surface area contributed by atoms with E-state index in [2.05, 4.69) is 18.7 Å². The second-order valence-electron chi connectivity index (χ2n) is 4.60. The number of hydrogen-bond acceptors (Lipinski definition) is 3. The minimum Gasteiger partial charge on any atom is -0.466 e. The topological polar surface area (TPSA) is 26.3 Å². The van der Waals surface area contributed by atoms with Gasteiger partial charge in [-0.3, -0.25) is 0 Å². The zero-order valence-corrected chi connectivity index (χ0v) is 12.8. The largest absolute Gasteiger partial charge is 0.466 e. The maximum atomic E-state index is 11.8. The highest BCUT2D eigenvalue weighted by atomic mass is 32.2. The number of rotatable bonds is 6. The Bertz CT molecular complexity index is 593. The Morgan fingerprint density at radius 2 is 1.67 bits per heavy atom. The van der Waals surface area contributed by atoms with Gasteiger partial charge in [-0.15, -0.1) is 11.8 Å². The van der Waals surface area contributed by atoms with E-state index in [1.54, 1.807) is 11.8 Å². The lowest BCUT2D eigenvalue weighted by Crippen LogP contribution is -2.10. The summed E-state index contributed by atoms with van der Waals surface area (Å²) in [6, 6.07) is 20.1. The van der Waals surface area contributed by atoms with Gasteiger partial charge < -0.3 is 4.74 Å². The van der Waals surface area contributed by atoms with Crippen LogP contribution in [0.5, 0.6) is 0 Å². The Morgan fingerprint density at radius 1 is 1.10 bits per heavy atom. The van der Waals surface area contributed by atoms with Crippen molar-refractivity contribution in [1.82, 2.24) is 0 Å². The molecule has 0 aliphatic heterocycles. The monoisotopic (exact) mass is 298 g/mol. The van der Waals surface area contributed by atoms with Crippen molar-refractivity contribution in [1.29, 1.82) is 0 Å². The number of hydrogen-bond donors (Lipinski definition) is 0. The smallest absolute Gasteiger partial charge is 0.334 e. The molecular weight excluding hydrogens is 280 g/mol. The molecule has 108 valence electrons. The van der Waals surface area contributed by atoms with Crippen molar-refractivity contribution in [3.8, 4) is 0 Å². The lowest BCUT2D eigenvalue weighted by Gasteiger charge is -2.18. The first-order valence-corrected chi connectivity index (χ1v) is 7.75. The number of thioether (sulfide) groups is 1. The van der Waals surface area contributed by atoms with Crippen molar-refractivity contribution in [2.75, 3.05) is 7.11 Å². The predicted molar refractivity (Wildman–Crippen MR) is 88.1 cm³/mol. The molecule has 21 heavy (non-hydrogen) atoms. The SMILES string of the molecule is C=C(C(=O)OC)[C@@H](SCc1ccccc1)c1ccccc1. The molecule has 0 amide bonds. The number of ether oxygens (including phenoxy) is 1. The Hall–Kier alpha value is -2.00. The zero-order chi connectivity index (χ0) is 15.1. The van der Waals surface area contributed by atoms with Gasteiger partial charge in [0.2, 0.25) is 0 Å². The van der Waals surface area contributed by atoms with Gasteiger partial charge in [-0.05, 0) is 11.1 Å². The van der Waals surface area contributed by atoms with Gasteiger partial charge in [0.25, 0.3) is 0 Å². The molecule has 0 saturated heterocycles. The number of methoxy groups -OCH3 is 1. The Morgan fingerprint density at radius 3 is 2.24 bits per heavy atom. The van der Waals surface area contributed by atoms with Crippen molar-refractivity contribution in [3.63, 3.8) is 0 Å². The summed E-state index contributed by atoms with van der Waals surface area (Å²) in [6.45, 7) is 3.92. The molecule has 3 heteroatoms. The van der Waals surface area contributed by atoms with Crippen LogP contribution in [0.25, 0.3) is 0 Å².